The minimum Gasteiger partial charge on any atom is -0.494 e. The van der Waals surface area contributed by atoms with Gasteiger partial charge in [-0.05, 0) is 0 Å². The largest absolute Gasteiger partial charge is 0.494 e. The van der Waals surface area contributed by atoms with Crippen LogP contribution in [-0.2, 0) is 9.47 Å². The van der Waals surface area contributed by atoms with Gasteiger partial charge in [0.2, 0.25) is 0 Å². The van der Waals surface area contributed by atoms with Crippen molar-refractivity contribution < 1.29 is 9.47 Å². The molecule has 0 saturated heterocycles. The third-order valence-corrected chi connectivity index (χ3v) is 0.567. The molecule has 0 radical (unpaired) electrons. The lowest BCUT2D eigenvalue weighted by atomic mass is 10.7. The number of hydrogen-bond acceptors (Lipinski definition) is 2. The average molecular weight is 118 g/mol. The second-order valence-electron chi connectivity index (χ2n) is 1.01. The highest BCUT2D eigenvalue weighted by Crippen LogP contribution is 1.87. The van der Waals surface area contributed by atoms with Crippen LogP contribution in [0.5, 0.6) is 0 Å². The quantitative estimate of drug-likeness (QED) is 0.482. The Balaban J connectivity index is 0. The topological polar surface area (TPSA) is 18.5 Å². The zero-order chi connectivity index (χ0) is 4.24. The molecule has 1 rings (SSSR count). The summed E-state index contributed by atoms with van der Waals surface area (Å²) in [5.74, 6) is 0. The first-order valence-electron chi connectivity index (χ1n) is 1.88. The summed E-state index contributed by atoms with van der Waals surface area (Å²) in [6.45, 7) is 1.38. The Kier molecular flexibility index (Phi) is 8.20. The van der Waals surface area contributed by atoms with Gasteiger partial charge in [0.15, 0.2) is 0 Å². The van der Waals surface area contributed by atoms with Crippen LogP contribution >= 0.6 is 0 Å². The van der Waals surface area contributed by atoms with Crippen molar-refractivity contribution in [2.75, 3.05) is 13.2 Å². The Hall–Kier alpha value is -0.660. The van der Waals surface area contributed by atoms with Gasteiger partial charge in [-0.2, -0.15) is 0 Å². The highest BCUT2D eigenvalue weighted by atomic mass is 16.5. The van der Waals surface area contributed by atoms with E-state index in [0.29, 0.717) is 13.2 Å². The maximum absolute atomic E-state index is 4.76. The SMILES string of the molecule is C.C.C1=COCCO1. The van der Waals surface area contributed by atoms with Crippen LogP contribution in [0.15, 0.2) is 12.5 Å². The molecule has 1 aliphatic heterocycles. The van der Waals surface area contributed by atoms with Crippen LogP contribution < -0.4 is 0 Å². The van der Waals surface area contributed by atoms with Crippen molar-refractivity contribution >= 4 is 0 Å². The van der Waals surface area contributed by atoms with Crippen molar-refractivity contribution in [2.45, 2.75) is 14.9 Å². The van der Waals surface area contributed by atoms with E-state index in [1.807, 2.05) is 0 Å². The van der Waals surface area contributed by atoms with Gasteiger partial charge < -0.3 is 9.47 Å². The van der Waals surface area contributed by atoms with E-state index in [1.165, 1.54) is 0 Å². The Labute approximate surface area is 51.1 Å². The van der Waals surface area contributed by atoms with Crippen LogP contribution in [0.4, 0.5) is 0 Å². The first-order valence-corrected chi connectivity index (χ1v) is 1.88. The maximum Gasteiger partial charge on any atom is 0.121 e. The van der Waals surface area contributed by atoms with Gasteiger partial charge in [0.1, 0.15) is 25.7 Å². The summed E-state index contributed by atoms with van der Waals surface area (Å²) >= 11 is 0. The molecule has 0 aromatic rings. The molecule has 8 heavy (non-hydrogen) atoms. The second kappa shape index (κ2) is 6.34. The predicted octanol–water partition coefficient (Wildman–Crippen LogP) is 1.78. The van der Waals surface area contributed by atoms with Gasteiger partial charge in [0.25, 0.3) is 0 Å². The lowest BCUT2D eigenvalue weighted by Gasteiger charge is -2.04. The standard InChI is InChI=1S/C4H6O2.2CH4/c1-2-6-4-3-5-1;;/h1-2H,3-4H2;2*1H4. The minimum absolute atomic E-state index is 0. The fourth-order valence-electron chi connectivity index (χ4n) is 0.311. The van der Waals surface area contributed by atoms with Crippen LogP contribution in [0.2, 0.25) is 0 Å². The van der Waals surface area contributed by atoms with Crippen molar-refractivity contribution in [2.24, 2.45) is 0 Å². The molecule has 0 aromatic carbocycles. The molecule has 2 nitrogen and oxygen atoms in total. The highest BCUT2D eigenvalue weighted by Gasteiger charge is 1.85. The van der Waals surface area contributed by atoms with Gasteiger partial charge >= 0.3 is 0 Å². The zero-order valence-electron chi connectivity index (χ0n) is 3.39. The minimum atomic E-state index is 0. The lowest BCUT2D eigenvalue weighted by Crippen LogP contribution is -2.00. The molecule has 2 heteroatoms. The first-order chi connectivity index (χ1) is 3.00. The van der Waals surface area contributed by atoms with Crippen molar-refractivity contribution in [3.8, 4) is 0 Å². The van der Waals surface area contributed by atoms with Gasteiger partial charge in [-0.3, -0.25) is 0 Å². The summed E-state index contributed by atoms with van der Waals surface area (Å²) < 4.78 is 9.53. The van der Waals surface area contributed by atoms with E-state index in [9.17, 15) is 0 Å². The second-order valence-corrected chi connectivity index (χ2v) is 1.01. The molecule has 50 valence electrons. The van der Waals surface area contributed by atoms with Crippen LogP contribution in [0, 0.1) is 0 Å². The molecule has 0 aliphatic carbocycles. The van der Waals surface area contributed by atoms with Crippen LogP contribution in [0.1, 0.15) is 14.9 Å². The van der Waals surface area contributed by atoms with Gasteiger partial charge in [0, 0.05) is 0 Å². The smallest absolute Gasteiger partial charge is 0.121 e. The van der Waals surface area contributed by atoms with E-state index in [2.05, 4.69) is 0 Å². The zero-order valence-corrected chi connectivity index (χ0v) is 3.39. The van der Waals surface area contributed by atoms with E-state index in [1.54, 1.807) is 12.5 Å². The van der Waals surface area contributed by atoms with Crippen molar-refractivity contribution in [1.29, 1.82) is 0 Å². The van der Waals surface area contributed by atoms with E-state index in [4.69, 9.17) is 9.47 Å². The normalized spacial score (nSPS) is 14.0. The lowest BCUT2D eigenvalue weighted by molar-refractivity contribution is 0.108. The maximum atomic E-state index is 4.76. The molecule has 0 saturated carbocycles. The predicted molar refractivity (Wildman–Crippen MR) is 34.5 cm³/mol. The first kappa shape index (κ1) is 10.3. The van der Waals surface area contributed by atoms with Crippen LogP contribution in [0.25, 0.3) is 0 Å². The fourth-order valence-corrected chi connectivity index (χ4v) is 0.311. The van der Waals surface area contributed by atoms with E-state index < -0.39 is 0 Å². The highest BCUT2D eigenvalue weighted by molar-refractivity contribution is 4.64. The molecule has 0 amide bonds. The van der Waals surface area contributed by atoms with Gasteiger partial charge in [-0.1, -0.05) is 14.9 Å². The molecular weight excluding hydrogens is 104 g/mol. The summed E-state index contributed by atoms with van der Waals surface area (Å²) in [6.07, 6.45) is 3.09. The van der Waals surface area contributed by atoms with Crippen LogP contribution in [-0.4, -0.2) is 13.2 Å². The van der Waals surface area contributed by atoms with Gasteiger partial charge in [0.05, 0.1) is 0 Å². The molecule has 0 unspecified atom stereocenters. The molecule has 0 atom stereocenters. The molecule has 0 fully saturated rings. The molecule has 0 aromatic heterocycles. The third kappa shape index (κ3) is 3.53. The Morgan fingerprint density at radius 2 is 1.25 bits per heavy atom. The monoisotopic (exact) mass is 118 g/mol. The summed E-state index contributed by atoms with van der Waals surface area (Å²) in [6, 6.07) is 0. The molecule has 0 bridgehead atoms. The molecular formula is C6H14O2. The summed E-state index contributed by atoms with van der Waals surface area (Å²) in [5.41, 5.74) is 0. The van der Waals surface area contributed by atoms with Crippen molar-refractivity contribution in [3.05, 3.63) is 12.5 Å². The van der Waals surface area contributed by atoms with E-state index >= 15 is 0 Å². The number of ether oxygens (including phenoxy) is 2. The average Bonchev–Trinajstić information content (AvgIpc) is 1.72. The molecule has 1 heterocycles. The molecule has 0 N–H and O–H groups in total. The number of rotatable bonds is 0. The summed E-state index contributed by atoms with van der Waals surface area (Å²) in [7, 11) is 0. The van der Waals surface area contributed by atoms with E-state index in [-0.39, 0.29) is 14.9 Å². The number of hydrogen-bond donors (Lipinski definition) is 0. The Morgan fingerprint density at radius 3 is 1.38 bits per heavy atom. The van der Waals surface area contributed by atoms with Gasteiger partial charge in [-0.25, -0.2) is 0 Å². The van der Waals surface area contributed by atoms with Crippen molar-refractivity contribution in [1.82, 2.24) is 0 Å². The van der Waals surface area contributed by atoms with Crippen molar-refractivity contribution in [3.63, 3.8) is 0 Å². The fraction of sp³-hybridized carbons (Fsp3) is 0.667. The molecule has 1 aliphatic rings. The molecule has 0 spiro atoms. The van der Waals surface area contributed by atoms with Gasteiger partial charge in [-0.15, -0.1) is 0 Å². The third-order valence-electron chi connectivity index (χ3n) is 0.567. The van der Waals surface area contributed by atoms with E-state index in [0.717, 1.165) is 0 Å². The summed E-state index contributed by atoms with van der Waals surface area (Å²) in [4.78, 5) is 0. The summed E-state index contributed by atoms with van der Waals surface area (Å²) in [5, 5.41) is 0. The Morgan fingerprint density at radius 1 is 0.875 bits per heavy atom. The van der Waals surface area contributed by atoms with Crippen LogP contribution in [0.3, 0.4) is 0 Å². The Bertz CT molecular complexity index is 51.5.